The minimum atomic E-state index is -4.31. The maximum absolute atomic E-state index is 14.9. The Hall–Kier alpha value is -3.77. The van der Waals surface area contributed by atoms with Crippen molar-refractivity contribution in [2.45, 2.75) is 52.1 Å². The number of anilines is 1. The minimum absolute atomic E-state index is 0.0356. The number of hydrogen-bond acceptors (Lipinski definition) is 6. The van der Waals surface area contributed by atoms with Crippen molar-refractivity contribution in [2.24, 2.45) is 9.98 Å². The first-order chi connectivity index (χ1) is 18.0. The number of rotatable bonds is 10. The van der Waals surface area contributed by atoms with E-state index in [0.717, 1.165) is 22.3 Å². The van der Waals surface area contributed by atoms with Crippen LogP contribution < -0.4 is 4.72 Å². The van der Waals surface area contributed by atoms with Crippen molar-refractivity contribution in [1.82, 2.24) is 14.8 Å². The summed E-state index contributed by atoms with van der Waals surface area (Å²) in [5.41, 5.74) is 0.793. The third-order valence-corrected chi connectivity index (χ3v) is 6.99. The van der Waals surface area contributed by atoms with E-state index in [2.05, 4.69) is 31.6 Å². The first kappa shape index (κ1) is 28.8. The van der Waals surface area contributed by atoms with Crippen molar-refractivity contribution in [3.05, 3.63) is 71.9 Å². The lowest BCUT2D eigenvalue weighted by Gasteiger charge is -2.26. The first-order valence-corrected chi connectivity index (χ1v) is 13.3. The van der Waals surface area contributed by atoms with Crippen molar-refractivity contribution in [3.63, 3.8) is 0 Å². The van der Waals surface area contributed by atoms with Crippen LogP contribution in [0, 0.1) is 11.6 Å². The summed E-state index contributed by atoms with van der Waals surface area (Å²) in [7, 11) is -4.31. The molecule has 0 unspecified atom stereocenters. The van der Waals surface area contributed by atoms with Crippen molar-refractivity contribution in [3.8, 4) is 17.1 Å². The minimum Gasteiger partial charge on any atom is -0.366 e. The van der Waals surface area contributed by atoms with E-state index in [1.165, 1.54) is 19.2 Å². The van der Waals surface area contributed by atoms with Crippen molar-refractivity contribution >= 4 is 28.5 Å². The molecule has 0 radical (unpaired) electrons. The number of halogens is 2. The van der Waals surface area contributed by atoms with E-state index in [1.54, 1.807) is 44.2 Å². The largest absolute Gasteiger partial charge is 0.366 e. The van der Waals surface area contributed by atoms with Gasteiger partial charge in [0.1, 0.15) is 28.7 Å². The molecule has 2 atom stereocenters. The quantitative estimate of drug-likeness (QED) is 0.280. The van der Waals surface area contributed by atoms with Gasteiger partial charge in [-0.2, -0.15) is 0 Å². The second-order valence-electron chi connectivity index (χ2n) is 8.93. The van der Waals surface area contributed by atoms with Crippen LogP contribution in [0.3, 0.4) is 0 Å². The fourth-order valence-electron chi connectivity index (χ4n) is 3.50. The van der Waals surface area contributed by atoms with Gasteiger partial charge in [0.05, 0.1) is 6.10 Å². The molecule has 0 saturated carbocycles. The van der Waals surface area contributed by atoms with Crippen LogP contribution in [0.2, 0.25) is 0 Å². The van der Waals surface area contributed by atoms with Crippen LogP contribution in [0.25, 0.3) is 17.1 Å². The average Bonchev–Trinajstić information content (AvgIpc) is 3.25. The van der Waals surface area contributed by atoms with Crippen LogP contribution in [-0.4, -0.2) is 53.2 Å². The fraction of sp³-hybridized carbons (Fsp3) is 0.308. The molecule has 0 aliphatic rings. The SMILES string of the molecule is C=N/C(=N\C=C(C)C)[C@H](OC(C)C)[C@H](C)S(=O)(=O)Nc1nnc(-c2ccccc2)n1-c1c(F)cccc1F. The average molecular weight is 545 g/mol. The van der Waals surface area contributed by atoms with E-state index in [4.69, 9.17) is 4.74 Å². The summed E-state index contributed by atoms with van der Waals surface area (Å²) in [5, 5.41) is 6.71. The van der Waals surface area contributed by atoms with E-state index in [9.17, 15) is 17.2 Å². The first-order valence-electron chi connectivity index (χ1n) is 11.8. The maximum atomic E-state index is 14.9. The lowest BCUT2D eigenvalue weighted by atomic mass is 10.2. The summed E-state index contributed by atoms with van der Waals surface area (Å²) in [6.07, 6.45) is 0.0323. The second-order valence-corrected chi connectivity index (χ2v) is 11.0. The Kier molecular flexibility index (Phi) is 9.23. The lowest BCUT2D eigenvalue weighted by molar-refractivity contribution is 0.0459. The van der Waals surface area contributed by atoms with Crippen LogP contribution in [-0.2, 0) is 14.8 Å². The summed E-state index contributed by atoms with van der Waals surface area (Å²) < 4.78 is 66.2. The molecule has 38 heavy (non-hydrogen) atoms. The molecule has 9 nitrogen and oxygen atoms in total. The highest BCUT2D eigenvalue weighted by Crippen LogP contribution is 2.29. The number of amidine groups is 1. The molecule has 0 bridgehead atoms. The van der Waals surface area contributed by atoms with Gasteiger partial charge in [-0.05, 0) is 53.5 Å². The predicted molar refractivity (Wildman–Crippen MR) is 145 cm³/mol. The molecule has 0 aliphatic heterocycles. The third kappa shape index (κ3) is 6.56. The van der Waals surface area contributed by atoms with Gasteiger partial charge in [-0.1, -0.05) is 42.0 Å². The number of nitrogens with one attached hydrogen (secondary N) is 1. The number of hydrogen-bond donors (Lipinski definition) is 1. The van der Waals surface area contributed by atoms with Gasteiger partial charge in [0.15, 0.2) is 11.7 Å². The summed E-state index contributed by atoms with van der Waals surface area (Å²) in [6, 6.07) is 11.8. The number of allylic oxidation sites excluding steroid dienone is 1. The summed E-state index contributed by atoms with van der Waals surface area (Å²) in [6.45, 7) is 12.0. The molecular weight excluding hydrogens is 514 g/mol. The molecule has 0 aliphatic carbocycles. The second kappa shape index (κ2) is 12.2. The number of sulfonamides is 1. The normalized spacial score (nSPS) is 13.7. The van der Waals surface area contributed by atoms with E-state index in [-0.39, 0.29) is 17.8 Å². The Morgan fingerprint density at radius 3 is 2.24 bits per heavy atom. The third-order valence-electron chi connectivity index (χ3n) is 5.30. The van der Waals surface area contributed by atoms with E-state index < -0.39 is 44.6 Å². The molecular formula is C26H30F2N6O3S. The molecule has 12 heteroatoms. The lowest BCUT2D eigenvalue weighted by Crippen LogP contribution is -2.43. The standard InChI is InChI=1S/C26H30F2N6O3S/c1-16(2)15-30-24(29-6)23(37-17(3)4)18(5)38(35,36)33-26-32-31-25(19-11-8-7-9-12-19)34(26)22-20(27)13-10-14-21(22)28/h7-15,17-18,23H,6H2,1-5H3,(H,32,33)/b30-24-/t18-,23+/m0/s1. The zero-order chi connectivity index (χ0) is 28.0. The van der Waals surface area contributed by atoms with E-state index in [0.29, 0.717) is 5.56 Å². The number of aromatic nitrogens is 3. The molecule has 3 aromatic rings. The number of ether oxygens (including phenoxy) is 1. The number of benzene rings is 2. The summed E-state index contributed by atoms with van der Waals surface area (Å²) in [4.78, 5) is 8.14. The summed E-state index contributed by atoms with van der Waals surface area (Å²) >= 11 is 0. The highest BCUT2D eigenvalue weighted by atomic mass is 32.2. The highest BCUT2D eigenvalue weighted by molar-refractivity contribution is 7.93. The van der Waals surface area contributed by atoms with Gasteiger partial charge in [0.2, 0.25) is 16.0 Å². The van der Waals surface area contributed by atoms with Crippen molar-refractivity contribution < 1.29 is 21.9 Å². The van der Waals surface area contributed by atoms with Gasteiger partial charge < -0.3 is 4.74 Å². The Balaban J connectivity index is 2.13. The Bertz CT molecular complexity index is 1430. The molecule has 0 spiro atoms. The van der Waals surface area contributed by atoms with Crippen molar-refractivity contribution in [2.75, 3.05) is 4.72 Å². The molecule has 0 saturated heterocycles. The van der Waals surface area contributed by atoms with Crippen LogP contribution >= 0.6 is 0 Å². The smallest absolute Gasteiger partial charge is 0.243 e. The monoisotopic (exact) mass is 544 g/mol. The van der Waals surface area contributed by atoms with Crippen LogP contribution in [0.4, 0.5) is 14.7 Å². The van der Waals surface area contributed by atoms with Gasteiger partial charge in [-0.3, -0.25) is 9.29 Å². The van der Waals surface area contributed by atoms with Crippen LogP contribution in [0.5, 0.6) is 0 Å². The molecule has 2 aromatic carbocycles. The Morgan fingerprint density at radius 1 is 1.05 bits per heavy atom. The van der Waals surface area contributed by atoms with Crippen LogP contribution in [0.15, 0.2) is 70.3 Å². The van der Waals surface area contributed by atoms with Crippen molar-refractivity contribution in [1.29, 1.82) is 0 Å². The Morgan fingerprint density at radius 2 is 1.68 bits per heavy atom. The molecule has 0 fully saturated rings. The van der Waals surface area contributed by atoms with E-state index >= 15 is 0 Å². The molecule has 202 valence electrons. The number of nitrogens with zero attached hydrogens (tertiary/aromatic N) is 5. The Labute approximate surface area is 221 Å². The fourth-order valence-corrected chi connectivity index (χ4v) is 4.58. The van der Waals surface area contributed by atoms with Gasteiger partial charge in [-0.15, -0.1) is 10.2 Å². The van der Waals surface area contributed by atoms with E-state index in [1.807, 2.05) is 13.8 Å². The zero-order valence-electron chi connectivity index (χ0n) is 21.8. The van der Waals surface area contributed by atoms with Crippen LogP contribution in [0.1, 0.15) is 34.6 Å². The summed E-state index contributed by atoms with van der Waals surface area (Å²) in [5.74, 6) is -2.16. The maximum Gasteiger partial charge on any atom is 0.243 e. The zero-order valence-corrected chi connectivity index (χ0v) is 22.6. The predicted octanol–water partition coefficient (Wildman–Crippen LogP) is 5.16. The van der Waals surface area contributed by atoms with Gasteiger partial charge in [-0.25, -0.2) is 27.2 Å². The number of aliphatic imine (C=N–C) groups is 2. The molecule has 1 N–H and O–H groups in total. The van der Waals surface area contributed by atoms with Gasteiger partial charge >= 0.3 is 0 Å². The highest BCUT2D eigenvalue weighted by Gasteiger charge is 2.36. The molecule has 3 rings (SSSR count). The topological polar surface area (TPSA) is 111 Å². The molecule has 0 amide bonds. The van der Waals surface area contributed by atoms with Gasteiger partial charge in [0, 0.05) is 11.8 Å². The molecule has 1 heterocycles. The molecule has 1 aromatic heterocycles. The van der Waals surface area contributed by atoms with Gasteiger partial charge in [0.25, 0.3) is 0 Å². The number of para-hydroxylation sites is 1.